The summed E-state index contributed by atoms with van der Waals surface area (Å²) in [5, 5.41) is 9.10. The molecule has 0 aromatic heterocycles. The van der Waals surface area contributed by atoms with Crippen LogP contribution in [0.25, 0.3) is 0 Å². The highest BCUT2D eigenvalue weighted by Crippen LogP contribution is 2.29. The molecular weight excluding hydrogens is 242 g/mol. The number of hydrogen-bond acceptors (Lipinski definition) is 3. The number of ether oxygens (including phenoxy) is 1. The summed E-state index contributed by atoms with van der Waals surface area (Å²) >= 11 is 0. The third-order valence-electron chi connectivity index (χ3n) is 3.54. The Kier molecular flexibility index (Phi) is 4.56. The normalized spacial score (nSPS) is 22.4. The Morgan fingerprint density at radius 3 is 2.63 bits per heavy atom. The second-order valence-corrected chi connectivity index (χ2v) is 5.29. The third-order valence-corrected chi connectivity index (χ3v) is 3.54. The minimum atomic E-state index is -0.875. The Labute approximate surface area is 114 Å². The smallest absolute Gasteiger partial charge is 0.334 e. The number of carboxylic acid groups (broad SMARTS) is 1. The molecule has 1 saturated heterocycles. The summed E-state index contributed by atoms with van der Waals surface area (Å²) < 4.78 is 5.29. The van der Waals surface area contributed by atoms with Crippen LogP contribution in [0.1, 0.15) is 25.5 Å². The van der Waals surface area contributed by atoms with E-state index in [2.05, 4.69) is 30.9 Å². The van der Waals surface area contributed by atoms with Crippen LogP contribution in [-0.2, 0) is 9.53 Å². The van der Waals surface area contributed by atoms with E-state index in [0.29, 0.717) is 19.1 Å². The molecule has 0 aliphatic carbocycles. The van der Waals surface area contributed by atoms with Crippen LogP contribution in [0.4, 0.5) is 0 Å². The lowest BCUT2D eigenvalue weighted by atomic mass is 9.93. The second kappa shape index (κ2) is 6.17. The maximum Gasteiger partial charge on any atom is 0.334 e. The predicted octanol–water partition coefficient (Wildman–Crippen LogP) is 2.17. The van der Waals surface area contributed by atoms with Crippen LogP contribution in [-0.4, -0.2) is 41.8 Å². The topological polar surface area (TPSA) is 49.8 Å². The van der Waals surface area contributed by atoms with Gasteiger partial charge in [-0.1, -0.05) is 44.2 Å². The molecule has 0 amide bonds. The van der Waals surface area contributed by atoms with Crippen molar-refractivity contribution >= 4 is 5.97 Å². The SMILES string of the molecule is CC(C)C(c1ccccc1)N1CCOC(C(=O)O)C1. The maximum absolute atomic E-state index is 11.1. The van der Waals surface area contributed by atoms with Gasteiger partial charge in [0.1, 0.15) is 0 Å². The zero-order chi connectivity index (χ0) is 13.8. The monoisotopic (exact) mass is 263 g/mol. The molecule has 1 aromatic rings. The number of rotatable bonds is 4. The molecule has 2 atom stereocenters. The summed E-state index contributed by atoms with van der Waals surface area (Å²) in [7, 11) is 0. The van der Waals surface area contributed by atoms with Crippen molar-refractivity contribution in [3.63, 3.8) is 0 Å². The van der Waals surface area contributed by atoms with Gasteiger partial charge in [0.15, 0.2) is 6.10 Å². The van der Waals surface area contributed by atoms with Crippen LogP contribution >= 0.6 is 0 Å². The molecule has 4 heteroatoms. The molecule has 1 fully saturated rings. The van der Waals surface area contributed by atoms with E-state index >= 15 is 0 Å². The molecule has 1 N–H and O–H groups in total. The first-order valence-corrected chi connectivity index (χ1v) is 6.73. The number of nitrogens with zero attached hydrogens (tertiary/aromatic N) is 1. The van der Waals surface area contributed by atoms with Crippen LogP contribution in [0.15, 0.2) is 30.3 Å². The summed E-state index contributed by atoms with van der Waals surface area (Å²) in [6, 6.07) is 10.5. The van der Waals surface area contributed by atoms with E-state index in [4.69, 9.17) is 9.84 Å². The first kappa shape index (κ1) is 14.0. The van der Waals surface area contributed by atoms with Crippen molar-refractivity contribution in [3.05, 3.63) is 35.9 Å². The van der Waals surface area contributed by atoms with E-state index in [9.17, 15) is 4.79 Å². The Morgan fingerprint density at radius 2 is 2.05 bits per heavy atom. The molecule has 1 aliphatic heterocycles. The van der Waals surface area contributed by atoms with E-state index in [1.807, 2.05) is 18.2 Å². The molecular formula is C15H21NO3. The Hall–Kier alpha value is -1.39. The molecule has 4 nitrogen and oxygen atoms in total. The molecule has 1 heterocycles. The Morgan fingerprint density at radius 1 is 1.37 bits per heavy atom. The summed E-state index contributed by atoms with van der Waals surface area (Å²) in [6.07, 6.45) is -0.710. The fourth-order valence-corrected chi connectivity index (χ4v) is 2.74. The van der Waals surface area contributed by atoms with E-state index in [1.165, 1.54) is 5.56 Å². The Balaban J connectivity index is 2.18. The lowest BCUT2D eigenvalue weighted by Gasteiger charge is -2.39. The van der Waals surface area contributed by atoms with Gasteiger partial charge in [0.25, 0.3) is 0 Å². The molecule has 1 aliphatic rings. The van der Waals surface area contributed by atoms with Gasteiger partial charge in [0, 0.05) is 19.1 Å². The van der Waals surface area contributed by atoms with Gasteiger partial charge < -0.3 is 9.84 Å². The standard InChI is InChI=1S/C15H21NO3/c1-11(2)14(12-6-4-3-5-7-12)16-8-9-19-13(10-16)15(17)18/h3-7,11,13-14H,8-10H2,1-2H3,(H,17,18). The summed E-state index contributed by atoms with van der Waals surface area (Å²) in [4.78, 5) is 13.3. The van der Waals surface area contributed by atoms with E-state index in [0.717, 1.165) is 6.54 Å². The summed E-state index contributed by atoms with van der Waals surface area (Å²) in [5.74, 6) is -0.449. The number of hydrogen-bond donors (Lipinski definition) is 1. The highest BCUT2D eigenvalue weighted by Gasteiger charge is 2.32. The largest absolute Gasteiger partial charge is 0.479 e. The number of carbonyl (C=O) groups is 1. The molecule has 2 rings (SSSR count). The number of morpholine rings is 1. The predicted molar refractivity (Wildman–Crippen MR) is 73.0 cm³/mol. The first-order valence-electron chi connectivity index (χ1n) is 6.73. The van der Waals surface area contributed by atoms with Crippen molar-refractivity contribution in [1.29, 1.82) is 0 Å². The van der Waals surface area contributed by atoms with Gasteiger partial charge in [-0.05, 0) is 11.5 Å². The van der Waals surface area contributed by atoms with Crippen molar-refractivity contribution in [2.24, 2.45) is 5.92 Å². The molecule has 0 saturated carbocycles. The number of carboxylic acids is 1. The maximum atomic E-state index is 11.1. The minimum absolute atomic E-state index is 0.243. The van der Waals surface area contributed by atoms with Crippen LogP contribution < -0.4 is 0 Å². The lowest BCUT2D eigenvalue weighted by molar-refractivity contribution is -0.157. The highest BCUT2D eigenvalue weighted by molar-refractivity contribution is 5.72. The second-order valence-electron chi connectivity index (χ2n) is 5.29. The van der Waals surface area contributed by atoms with Crippen molar-refractivity contribution < 1.29 is 14.6 Å². The average Bonchev–Trinajstić information content (AvgIpc) is 2.40. The van der Waals surface area contributed by atoms with Crippen LogP contribution in [0, 0.1) is 5.92 Å². The molecule has 0 spiro atoms. The van der Waals surface area contributed by atoms with Crippen molar-refractivity contribution in [2.75, 3.05) is 19.7 Å². The molecule has 19 heavy (non-hydrogen) atoms. The van der Waals surface area contributed by atoms with Gasteiger partial charge in [-0.15, -0.1) is 0 Å². The molecule has 1 aromatic carbocycles. The highest BCUT2D eigenvalue weighted by atomic mass is 16.5. The van der Waals surface area contributed by atoms with Gasteiger partial charge in [0.05, 0.1) is 6.61 Å². The summed E-state index contributed by atoms with van der Waals surface area (Å²) in [5.41, 5.74) is 1.24. The van der Waals surface area contributed by atoms with Crippen molar-refractivity contribution in [2.45, 2.75) is 26.0 Å². The van der Waals surface area contributed by atoms with Crippen LogP contribution in [0.2, 0.25) is 0 Å². The van der Waals surface area contributed by atoms with E-state index in [1.54, 1.807) is 0 Å². The molecule has 0 bridgehead atoms. The number of aliphatic carboxylic acids is 1. The molecule has 0 radical (unpaired) electrons. The van der Waals surface area contributed by atoms with Gasteiger partial charge in [-0.3, -0.25) is 4.90 Å². The van der Waals surface area contributed by atoms with Crippen LogP contribution in [0.3, 0.4) is 0 Å². The first-order chi connectivity index (χ1) is 9.09. The minimum Gasteiger partial charge on any atom is -0.479 e. The zero-order valence-electron chi connectivity index (χ0n) is 11.5. The van der Waals surface area contributed by atoms with Gasteiger partial charge in [-0.2, -0.15) is 0 Å². The number of benzene rings is 1. The van der Waals surface area contributed by atoms with Gasteiger partial charge in [0.2, 0.25) is 0 Å². The van der Waals surface area contributed by atoms with Crippen molar-refractivity contribution in [1.82, 2.24) is 4.90 Å². The van der Waals surface area contributed by atoms with E-state index in [-0.39, 0.29) is 6.04 Å². The average molecular weight is 263 g/mol. The van der Waals surface area contributed by atoms with Crippen molar-refractivity contribution in [3.8, 4) is 0 Å². The Bertz CT molecular complexity index is 419. The lowest BCUT2D eigenvalue weighted by Crippen LogP contribution is -2.48. The summed E-state index contributed by atoms with van der Waals surface area (Å²) in [6.45, 7) is 6.05. The molecule has 104 valence electrons. The quantitative estimate of drug-likeness (QED) is 0.904. The fraction of sp³-hybridized carbons (Fsp3) is 0.533. The fourth-order valence-electron chi connectivity index (χ4n) is 2.74. The van der Waals surface area contributed by atoms with Crippen LogP contribution in [0.5, 0.6) is 0 Å². The van der Waals surface area contributed by atoms with Gasteiger partial charge in [-0.25, -0.2) is 4.79 Å². The van der Waals surface area contributed by atoms with E-state index < -0.39 is 12.1 Å². The zero-order valence-corrected chi connectivity index (χ0v) is 11.5. The molecule has 2 unspecified atom stereocenters. The van der Waals surface area contributed by atoms with Gasteiger partial charge >= 0.3 is 5.97 Å². The third kappa shape index (κ3) is 3.33.